The van der Waals surface area contributed by atoms with Crippen LogP contribution >= 0.6 is 15.9 Å². The van der Waals surface area contributed by atoms with Crippen molar-refractivity contribution in [3.8, 4) is 28.6 Å². The van der Waals surface area contributed by atoms with E-state index in [9.17, 15) is 0 Å². The van der Waals surface area contributed by atoms with E-state index in [0.29, 0.717) is 17.4 Å². The molecule has 2 aromatic carbocycles. The lowest BCUT2D eigenvalue weighted by atomic mass is 10.2. The lowest BCUT2D eigenvalue weighted by Crippen LogP contribution is -1.88. The van der Waals surface area contributed by atoms with Gasteiger partial charge in [-0.25, -0.2) is 0 Å². The third-order valence-electron chi connectivity index (χ3n) is 3.02. The molecule has 0 aliphatic rings. The highest BCUT2D eigenvalue weighted by Gasteiger charge is 2.11. The van der Waals surface area contributed by atoms with Crippen molar-refractivity contribution in [2.24, 2.45) is 0 Å². The predicted molar refractivity (Wildman–Crippen MR) is 83.8 cm³/mol. The van der Waals surface area contributed by atoms with Crippen LogP contribution in [0.3, 0.4) is 0 Å². The van der Waals surface area contributed by atoms with E-state index in [-0.39, 0.29) is 0 Å². The number of ether oxygens (including phenoxy) is 1. The van der Waals surface area contributed by atoms with Gasteiger partial charge in [0.1, 0.15) is 5.75 Å². The number of nitrogens with zero attached hydrogens (tertiary/aromatic N) is 2. The number of aromatic nitrogens is 2. The monoisotopic (exact) mass is 345 g/mol. The van der Waals surface area contributed by atoms with E-state index in [1.54, 1.807) is 13.2 Å². The lowest BCUT2D eigenvalue weighted by molar-refractivity contribution is 0.415. The number of nitrogen functional groups attached to an aromatic ring is 1. The average molecular weight is 346 g/mol. The number of benzene rings is 2. The molecule has 0 amide bonds. The number of hydrogen-bond donors (Lipinski definition) is 1. The van der Waals surface area contributed by atoms with E-state index in [0.717, 1.165) is 21.3 Å². The zero-order chi connectivity index (χ0) is 14.8. The third-order valence-corrected chi connectivity index (χ3v) is 3.74. The van der Waals surface area contributed by atoms with Crippen molar-refractivity contribution in [1.29, 1.82) is 0 Å². The number of methoxy groups -OCH3 is 1. The molecule has 1 aromatic heterocycles. The van der Waals surface area contributed by atoms with Crippen LogP contribution in [-0.4, -0.2) is 17.3 Å². The molecule has 0 spiro atoms. The maximum Gasteiger partial charge on any atom is 0.258 e. The Morgan fingerprint density at radius 2 is 1.81 bits per heavy atom. The molecule has 3 aromatic rings. The fraction of sp³-hybridized carbons (Fsp3) is 0.0667. The largest absolute Gasteiger partial charge is 0.497 e. The van der Waals surface area contributed by atoms with E-state index in [1.807, 2.05) is 36.4 Å². The second kappa shape index (κ2) is 5.57. The number of rotatable bonds is 3. The van der Waals surface area contributed by atoms with Crippen molar-refractivity contribution in [3.63, 3.8) is 0 Å². The minimum Gasteiger partial charge on any atom is -0.497 e. The van der Waals surface area contributed by atoms with Crippen LogP contribution in [0.25, 0.3) is 22.8 Å². The normalized spacial score (nSPS) is 10.6. The van der Waals surface area contributed by atoms with Crippen molar-refractivity contribution >= 4 is 21.6 Å². The lowest BCUT2D eigenvalue weighted by Gasteiger charge is -1.99. The van der Waals surface area contributed by atoms with Gasteiger partial charge in [-0.3, -0.25) is 0 Å². The van der Waals surface area contributed by atoms with Crippen molar-refractivity contribution < 1.29 is 9.26 Å². The van der Waals surface area contributed by atoms with Crippen LogP contribution in [-0.2, 0) is 0 Å². The molecule has 21 heavy (non-hydrogen) atoms. The van der Waals surface area contributed by atoms with Crippen LogP contribution in [0.15, 0.2) is 51.5 Å². The summed E-state index contributed by atoms with van der Waals surface area (Å²) in [6.07, 6.45) is 0. The highest BCUT2D eigenvalue weighted by Crippen LogP contribution is 2.28. The van der Waals surface area contributed by atoms with Crippen molar-refractivity contribution in [3.05, 3.63) is 46.9 Å². The predicted octanol–water partition coefficient (Wildman–Crippen LogP) is 3.76. The van der Waals surface area contributed by atoms with Crippen LogP contribution in [0.1, 0.15) is 0 Å². The molecule has 0 aliphatic heterocycles. The highest BCUT2D eigenvalue weighted by molar-refractivity contribution is 9.10. The van der Waals surface area contributed by atoms with E-state index < -0.39 is 0 Å². The number of hydrogen-bond acceptors (Lipinski definition) is 5. The van der Waals surface area contributed by atoms with Crippen LogP contribution in [0.5, 0.6) is 5.75 Å². The first-order valence-corrected chi connectivity index (χ1v) is 7.00. The minimum absolute atomic E-state index is 0.431. The molecule has 5 nitrogen and oxygen atoms in total. The summed E-state index contributed by atoms with van der Waals surface area (Å²) in [5.74, 6) is 1.73. The Labute approximate surface area is 129 Å². The molecule has 0 saturated heterocycles. The molecular formula is C15H12BrN3O2. The van der Waals surface area contributed by atoms with Crippen molar-refractivity contribution in [1.82, 2.24) is 10.1 Å². The molecule has 106 valence electrons. The maximum atomic E-state index is 5.86. The second-order valence-corrected chi connectivity index (χ2v) is 5.24. The Kier molecular flexibility index (Phi) is 3.62. The smallest absolute Gasteiger partial charge is 0.258 e. The molecule has 1 heterocycles. The van der Waals surface area contributed by atoms with Crippen LogP contribution in [0.2, 0.25) is 0 Å². The van der Waals surface area contributed by atoms with Gasteiger partial charge in [-0.15, -0.1) is 0 Å². The van der Waals surface area contributed by atoms with Gasteiger partial charge in [0.15, 0.2) is 0 Å². The topological polar surface area (TPSA) is 74.2 Å². The molecule has 0 fully saturated rings. The molecule has 0 aliphatic carbocycles. The van der Waals surface area contributed by atoms with E-state index in [2.05, 4.69) is 26.1 Å². The number of anilines is 1. The number of halogens is 1. The summed E-state index contributed by atoms with van der Waals surface area (Å²) >= 11 is 3.35. The molecule has 0 atom stereocenters. The molecular weight excluding hydrogens is 334 g/mol. The summed E-state index contributed by atoms with van der Waals surface area (Å²) in [5.41, 5.74) is 8.12. The molecule has 0 radical (unpaired) electrons. The second-order valence-electron chi connectivity index (χ2n) is 4.39. The van der Waals surface area contributed by atoms with E-state index in [4.69, 9.17) is 15.0 Å². The number of nitrogens with two attached hydrogens (primary N) is 1. The summed E-state index contributed by atoms with van der Waals surface area (Å²) < 4.78 is 11.2. The first-order chi connectivity index (χ1) is 10.2. The fourth-order valence-corrected chi connectivity index (χ4v) is 2.12. The average Bonchev–Trinajstić information content (AvgIpc) is 3.00. The molecule has 0 bridgehead atoms. The van der Waals surface area contributed by atoms with Gasteiger partial charge < -0.3 is 15.0 Å². The van der Waals surface area contributed by atoms with Gasteiger partial charge in [0.05, 0.1) is 7.11 Å². The molecule has 3 rings (SSSR count). The maximum absolute atomic E-state index is 5.86. The van der Waals surface area contributed by atoms with Gasteiger partial charge >= 0.3 is 0 Å². The van der Waals surface area contributed by atoms with Gasteiger partial charge in [-0.2, -0.15) is 4.98 Å². The Hall–Kier alpha value is -2.34. The van der Waals surface area contributed by atoms with E-state index in [1.165, 1.54) is 0 Å². The first-order valence-electron chi connectivity index (χ1n) is 6.21. The van der Waals surface area contributed by atoms with Crippen molar-refractivity contribution in [2.45, 2.75) is 0 Å². The van der Waals surface area contributed by atoms with E-state index >= 15 is 0 Å². The first kappa shape index (κ1) is 13.6. The standard InChI is InChI=1S/C15H12BrN3O2/c1-20-11-5-2-9(3-6-11)14-18-15(21-19-14)10-4-7-12(16)13(17)8-10/h2-8H,17H2,1H3. The Morgan fingerprint density at radius 3 is 2.48 bits per heavy atom. The zero-order valence-corrected chi connectivity index (χ0v) is 12.8. The summed E-state index contributed by atoms with van der Waals surface area (Å²) in [6.45, 7) is 0. The SMILES string of the molecule is COc1ccc(-c2noc(-c3ccc(Br)c(N)c3)n2)cc1. The van der Waals surface area contributed by atoms with Crippen LogP contribution < -0.4 is 10.5 Å². The quantitative estimate of drug-likeness (QED) is 0.731. The van der Waals surface area contributed by atoms with Crippen LogP contribution in [0.4, 0.5) is 5.69 Å². The molecule has 2 N–H and O–H groups in total. The van der Waals surface area contributed by atoms with Gasteiger partial charge in [0.25, 0.3) is 5.89 Å². The molecule has 0 unspecified atom stereocenters. The summed E-state index contributed by atoms with van der Waals surface area (Å²) in [6, 6.07) is 13.0. The Morgan fingerprint density at radius 1 is 1.10 bits per heavy atom. The summed E-state index contributed by atoms with van der Waals surface area (Å²) in [7, 11) is 1.62. The fourth-order valence-electron chi connectivity index (χ4n) is 1.87. The molecule has 0 saturated carbocycles. The van der Waals surface area contributed by atoms with Gasteiger partial charge in [-0.05, 0) is 58.4 Å². The Bertz CT molecular complexity index is 769. The minimum atomic E-state index is 0.431. The van der Waals surface area contributed by atoms with Gasteiger partial charge in [0.2, 0.25) is 5.82 Å². The van der Waals surface area contributed by atoms with Gasteiger partial charge in [-0.1, -0.05) is 5.16 Å². The summed E-state index contributed by atoms with van der Waals surface area (Å²) in [5, 5.41) is 3.99. The van der Waals surface area contributed by atoms with Crippen LogP contribution in [0, 0.1) is 0 Å². The van der Waals surface area contributed by atoms with Crippen molar-refractivity contribution in [2.75, 3.05) is 12.8 Å². The van der Waals surface area contributed by atoms with Gasteiger partial charge in [0, 0.05) is 21.3 Å². The Balaban J connectivity index is 1.93. The molecule has 6 heteroatoms. The summed E-state index contributed by atoms with van der Waals surface area (Å²) in [4.78, 5) is 4.39. The highest BCUT2D eigenvalue weighted by atomic mass is 79.9. The third kappa shape index (κ3) is 2.75. The zero-order valence-electron chi connectivity index (χ0n) is 11.2.